The van der Waals surface area contributed by atoms with E-state index < -0.39 is 11.9 Å². The number of aliphatic hydroxyl groups excluding tert-OH is 1. The Morgan fingerprint density at radius 3 is 2.71 bits per heavy atom. The van der Waals surface area contributed by atoms with Crippen molar-refractivity contribution in [3.8, 4) is 0 Å². The van der Waals surface area contributed by atoms with Crippen LogP contribution in [0.1, 0.15) is 24.5 Å². The Bertz CT molecular complexity index is 528. The van der Waals surface area contributed by atoms with Crippen LogP contribution >= 0.6 is 11.8 Å². The normalized spacial score (nSPS) is 12.7. The summed E-state index contributed by atoms with van der Waals surface area (Å²) in [4.78, 5) is 0.387. The molecule has 0 radical (unpaired) electrons. The zero-order valence-electron chi connectivity index (χ0n) is 9.35. The summed E-state index contributed by atoms with van der Waals surface area (Å²) in [6.07, 6.45) is -0.686. The number of aromatic nitrogens is 2. The Kier molecular flexibility index (Phi) is 3.44. The van der Waals surface area contributed by atoms with Crippen LogP contribution in [0.2, 0.25) is 0 Å². The van der Waals surface area contributed by atoms with Crippen LogP contribution in [0.15, 0.2) is 32.7 Å². The molecule has 17 heavy (non-hydrogen) atoms. The van der Waals surface area contributed by atoms with E-state index in [-0.39, 0.29) is 0 Å². The smallest absolute Gasteiger partial charge is 0.281 e. The van der Waals surface area contributed by atoms with Gasteiger partial charge in [0, 0.05) is 6.92 Å². The minimum Gasteiger partial charge on any atom is -0.416 e. The summed E-state index contributed by atoms with van der Waals surface area (Å²) in [5.41, 5.74) is 0.536. The monoisotopic (exact) mass is 254 g/mol. The highest BCUT2D eigenvalue weighted by molar-refractivity contribution is 7.99. The Morgan fingerprint density at radius 1 is 1.41 bits per heavy atom. The van der Waals surface area contributed by atoms with Gasteiger partial charge in [0.15, 0.2) is 0 Å². The van der Waals surface area contributed by atoms with E-state index >= 15 is 0 Å². The first-order valence-electron chi connectivity index (χ1n) is 5.01. The lowest BCUT2D eigenvalue weighted by atomic mass is 10.1. The van der Waals surface area contributed by atoms with Crippen LogP contribution in [-0.2, 0) is 0 Å². The van der Waals surface area contributed by atoms with Crippen molar-refractivity contribution in [2.24, 2.45) is 0 Å². The summed E-state index contributed by atoms with van der Waals surface area (Å²) in [5, 5.41) is 17.0. The first-order chi connectivity index (χ1) is 8.06. The molecule has 2 aromatic rings. The van der Waals surface area contributed by atoms with Gasteiger partial charge < -0.3 is 9.52 Å². The SMILES string of the molecule is Cc1nnc(Sc2ccc([C@@H](C)O)cc2F)o1. The second kappa shape index (κ2) is 4.85. The third kappa shape index (κ3) is 2.83. The predicted molar refractivity (Wildman–Crippen MR) is 60.2 cm³/mol. The van der Waals surface area contributed by atoms with Crippen LogP contribution < -0.4 is 0 Å². The zero-order valence-corrected chi connectivity index (χ0v) is 10.2. The van der Waals surface area contributed by atoms with Crippen molar-refractivity contribution in [3.05, 3.63) is 35.5 Å². The van der Waals surface area contributed by atoms with Gasteiger partial charge in [-0.1, -0.05) is 6.07 Å². The molecule has 0 aliphatic rings. The summed E-state index contributed by atoms with van der Waals surface area (Å²) in [6.45, 7) is 3.26. The van der Waals surface area contributed by atoms with Crippen molar-refractivity contribution in [3.63, 3.8) is 0 Å². The Hall–Kier alpha value is -1.40. The number of nitrogens with zero attached hydrogens (tertiary/aromatic N) is 2. The third-order valence-corrected chi connectivity index (χ3v) is 3.03. The highest BCUT2D eigenvalue weighted by Crippen LogP contribution is 2.30. The van der Waals surface area contributed by atoms with Gasteiger partial charge in [0.2, 0.25) is 5.89 Å². The Balaban J connectivity index is 2.22. The molecule has 1 aromatic carbocycles. The van der Waals surface area contributed by atoms with E-state index in [0.29, 0.717) is 21.6 Å². The molecular weight excluding hydrogens is 243 g/mol. The lowest BCUT2D eigenvalue weighted by molar-refractivity contribution is 0.198. The first kappa shape index (κ1) is 12.1. The van der Waals surface area contributed by atoms with E-state index in [0.717, 1.165) is 11.8 Å². The molecule has 0 saturated heterocycles. The highest BCUT2D eigenvalue weighted by Gasteiger charge is 2.11. The van der Waals surface area contributed by atoms with Crippen LogP contribution in [0.4, 0.5) is 4.39 Å². The number of aliphatic hydroxyl groups is 1. The fraction of sp³-hybridized carbons (Fsp3) is 0.273. The van der Waals surface area contributed by atoms with Gasteiger partial charge in [0.05, 0.1) is 11.0 Å². The summed E-state index contributed by atoms with van der Waals surface area (Å²) in [7, 11) is 0. The first-order valence-corrected chi connectivity index (χ1v) is 5.83. The van der Waals surface area contributed by atoms with Crippen LogP contribution in [0.3, 0.4) is 0 Å². The molecule has 1 N–H and O–H groups in total. The highest BCUT2D eigenvalue weighted by atomic mass is 32.2. The molecule has 4 nitrogen and oxygen atoms in total. The molecule has 0 aliphatic heterocycles. The van der Waals surface area contributed by atoms with Crippen molar-refractivity contribution >= 4 is 11.8 Å². The molecule has 0 spiro atoms. The second-order valence-corrected chi connectivity index (χ2v) is 4.55. The van der Waals surface area contributed by atoms with E-state index in [9.17, 15) is 9.50 Å². The van der Waals surface area contributed by atoms with Crippen LogP contribution in [0.25, 0.3) is 0 Å². The van der Waals surface area contributed by atoms with Gasteiger partial charge in [-0.2, -0.15) is 0 Å². The average Bonchev–Trinajstić information content (AvgIpc) is 2.67. The van der Waals surface area contributed by atoms with E-state index in [1.54, 1.807) is 26.0 Å². The zero-order chi connectivity index (χ0) is 12.4. The summed E-state index contributed by atoms with van der Waals surface area (Å²) in [6, 6.07) is 4.55. The topological polar surface area (TPSA) is 59.2 Å². The van der Waals surface area contributed by atoms with E-state index in [4.69, 9.17) is 4.42 Å². The standard InChI is InChI=1S/C11H11FN2O2S/c1-6(15)8-3-4-10(9(12)5-8)17-11-14-13-7(2)16-11/h3-6,15H,1-2H3/t6-/m1/s1. The van der Waals surface area contributed by atoms with Gasteiger partial charge in [-0.3, -0.25) is 0 Å². The number of hydrogen-bond acceptors (Lipinski definition) is 5. The lowest BCUT2D eigenvalue weighted by Gasteiger charge is -2.06. The van der Waals surface area contributed by atoms with Gasteiger partial charge in [0.25, 0.3) is 5.22 Å². The number of benzene rings is 1. The molecule has 1 aromatic heterocycles. The van der Waals surface area contributed by atoms with Crippen molar-refractivity contribution in [2.45, 2.75) is 30.1 Å². The molecule has 0 fully saturated rings. The molecule has 0 bridgehead atoms. The van der Waals surface area contributed by atoms with Crippen molar-refractivity contribution in [2.75, 3.05) is 0 Å². The van der Waals surface area contributed by atoms with Crippen LogP contribution in [0.5, 0.6) is 0 Å². The fourth-order valence-electron chi connectivity index (χ4n) is 1.27. The lowest BCUT2D eigenvalue weighted by Crippen LogP contribution is -1.92. The van der Waals surface area contributed by atoms with Gasteiger partial charge in [-0.05, 0) is 36.4 Å². The molecule has 6 heteroatoms. The average molecular weight is 254 g/mol. The summed E-state index contributed by atoms with van der Waals surface area (Å²) >= 11 is 1.06. The van der Waals surface area contributed by atoms with Gasteiger partial charge in [-0.15, -0.1) is 10.2 Å². The number of halogens is 1. The molecule has 1 heterocycles. The van der Waals surface area contributed by atoms with E-state index in [1.807, 2.05) is 0 Å². The molecule has 0 saturated carbocycles. The summed E-state index contributed by atoms with van der Waals surface area (Å²) < 4.78 is 18.8. The predicted octanol–water partition coefficient (Wildman–Crippen LogP) is 2.72. The maximum atomic E-state index is 13.7. The minimum absolute atomic E-state index is 0.297. The maximum absolute atomic E-state index is 13.7. The van der Waals surface area contributed by atoms with Crippen molar-refractivity contribution < 1.29 is 13.9 Å². The molecule has 0 unspecified atom stereocenters. The molecule has 2 rings (SSSR count). The Morgan fingerprint density at radius 2 is 2.18 bits per heavy atom. The number of aryl methyl sites for hydroxylation is 1. The molecule has 0 amide bonds. The van der Waals surface area contributed by atoms with Gasteiger partial charge in [-0.25, -0.2) is 4.39 Å². The number of hydrogen-bond donors (Lipinski definition) is 1. The van der Waals surface area contributed by atoms with Crippen molar-refractivity contribution in [1.29, 1.82) is 0 Å². The minimum atomic E-state index is -0.686. The molecular formula is C11H11FN2O2S. The Labute approximate surface area is 102 Å². The van der Waals surface area contributed by atoms with Crippen LogP contribution in [-0.4, -0.2) is 15.3 Å². The van der Waals surface area contributed by atoms with E-state index in [2.05, 4.69) is 10.2 Å². The van der Waals surface area contributed by atoms with E-state index in [1.165, 1.54) is 6.07 Å². The molecule has 1 atom stereocenters. The van der Waals surface area contributed by atoms with Crippen molar-refractivity contribution in [1.82, 2.24) is 10.2 Å². The molecule has 90 valence electrons. The fourth-order valence-corrected chi connectivity index (χ4v) is 2.00. The summed E-state index contributed by atoms with van der Waals surface area (Å²) in [5.74, 6) is 0.0257. The van der Waals surface area contributed by atoms with Crippen LogP contribution in [0, 0.1) is 12.7 Å². The number of rotatable bonds is 3. The third-order valence-electron chi connectivity index (χ3n) is 2.14. The quantitative estimate of drug-likeness (QED) is 0.912. The molecule has 0 aliphatic carbocycles. The largest absolute Gasteiger partial charge is 0.416 e. The van der Waals surface area contributed by atoms with Gasteiger partial charge in [0.1, 0.15) is 5.82 Å². The second-order valence-electron chi connectivity index (χ2n) is 3.55. The van der Waals surface area contributed by atoms with Gasteiger partial charge >= 0.3 is 0 Å². The maximum Gasteiger partial charge on any atom is 0.281 e.